The minimum absolute atomic E-state index is 0.114. The molecule has 0 bridgehead atoms. The number of carbonyl (C=O) groups excluding carboxylic acids is 2. The molecule has 9 heteroatoms. The average molecular weight is 508 g/mol. The molecule has 0 radical (unpaired) electrons. The van der Waals surface area contributed by atoms with Crippen molar-refractivity contribution in [3.8, 4) is 5.75 Å². The van der Waals surface area contributed by atoms with Gasteiger partial charge in [0.1, 0.15) is 23.9 Å². The SMILES string of the molecule is COCCN(CC(=O)N1N=C(c2ccccc2F)C[C@@H]1c1ccc(OC)cc1)C(=O)c1cccc(F)c1. The third-order valence-corrected chi connectivity index (χ3v) is 6.10. The van der Waals surface area contributed by atoms with Crippen LogP contribution in [0.1, 0.15) is 33.9 Å². The molecule has 1 heterocycles. The van der Waals surface area contributed by atoms with E-state index in [4.69, 9.17) is 9.47 Å². The fraction of sp³-hybridized carbons (Fsp3) is 0.250. The zero-order valence-electron chi connectivity index (χ0n) is 20.6. The fourth-order valence-corrected chi connectivity index (χ4v) is 4.18. The van der Waals surface area contributed by atoms with E-state index in [0.717, 1.165) is 11.6 Å². The van der Waals surface area contributed by atoms with Gasteiger partial charge in [-0.3, -0.25) is 9.59 Å². The summed E-state index contributed by atoms with van der Waals surface area (Å²) in [5.41, 5.74) is 1.63. The van der Waals surface area contributed by atoms with E-state index in [2.05, 4.69) is 5.10 Å². The fourth-order valence-electron chi connectivity index (χ4n) is 4.18. The number of ether oxygens (including phenoxy) is 2. The van der Waals surface area contributed by atoms with Crippen LogP contribution in [0.2, 0.25) is 0 Å². The summed E-state index contributed by atoms with van der Waals surface area (Å²) in [4.78, 5) is 28.0. The topological polar surface area (TPSA) is 71.4 Å². The molecule has 7 nitrogen and oxygen atoms in total. The lowest BCUT2D eigenvalue weighted by molar-refractivity contribution is -0.133. The summed E-state index contributed by atoms with van der Waals surface area (Å²) in [5.74, 6) is -1.31. The van der Waals surface area contributed by atoms with E-state index >= 15 is 0 Å². The number of carbonyl (C=O) groups is 2. The molecular formula is C28H27F2N3O4. The predicted molar refractivity (Wildman–Crippen MR) is 134 cm³/mol. The van der Waals surface area contributed by atoms with Gasteiger partial charge in [0.05, 0.1) is 25.5 Å². The normalized spacial score (nSPS) is 14.9. The lowest BCUT2D eigenvalue weighted by Crippen LogP contribution is -2.42. The van der Waals surface area contributed by atoms with Gasteiger partial charge in [0.2, 0.25) is 0 Å². The van der Waals surface area contributed by atoms with Crippen LogP contribution in [-0.2, 0) is 9.53 Å². The average Bonchev–Trinajstić information content (AvgIpc) is 3.36. The number of hydrazone groups is 1. The summed E-state index contributed by atoms with van der Waals surface area (Å²) in [6.45, 7) is -0.0259. The molecule has 0 spiro atoms. The maximum absolute atomic E-state index is 14.6. The number of nitrogens with zero attached hydrogens (tertiary/aromatic N) is 3. The summed E-state index contributed by atoms with van der Waals surface area (Å²) in [5, 5.41) is 5.79. The van der Waals surface area contributed by atoms with Gasteiger partial charge in [-0.25, -0.2) is 13.8 Å². The standard InChI is InChI=1S/C28H27F2N3O4/c1-36-15-14-32(28(35)20-6-5-7-21(29)16-20)18-27(34)33-26(19-10-12-22(37-2)13-11-19)17-25(31-33)23-8-3-4-9-24(23)30/h3-13,16,26H,14-15,17-18H2,1-2H3/t26-/m1/s1. The van der Waals surface area contributed by atoms with E-state index in [0.29, 0.717) is 17.0 Å². The highest BCUT2D eigenvalue weighted by molar-refractivity contribution is 6.04. The molecule has 0 aliphatic carbocycles. The number of benzene rings is 3. The van der Waals surface area contributed by atoms with Gasteiger partial charge >= 0.3 is 0 Å². The number of halogens is 2. The molecule has 1 aliphatic heterocycles. The predicted octanol–water partition coefficient (Wildman–Crippen LogP) is 4.44. The Morgan fingerprint density at radius 2 is 1.78 bits per heavy atom. The first-order valence-electron chi connectivity index (χ1n) is 11.7. The van der Waals surface area contributed by atoms with Gasteiger partial charge in [-0.1, -0.05) is 36.4 Å². The maximum atomic E-state index is 14.6. The van der Waals surface area contributed by atoms with Gasteiger partial charge in [0.15, 0.2) is 0 Å². The summed E-state index contributed by atoms with van der Waals surface area (Å²) < 4.78 is 38.7. The van der Waals surface area contributed by atoms with E-state index in [-0.39, 0.29) is 31.7 Å². The van der Waals surface area contributed by atoms with Crippen LogP contribution in [0.3, 0.4) is 0 Å². The number of hydrogen-bond acceptors (Lipinski definition) is 5. The largest absolute Gasteiger partial charge is 0.497 e. The molecule has 0 unspecified atom stereocenters. The molecule has 192 valence electrons. The Kier molecular flexibility index (Phi) is 8.25. The molecular weight excluding hydrogens is 480 g/mol. The molecule has 4 rings (SSSR count). The van der Waals surface area contributed by atoms with Crippen LogP contribution in [0.15, 0.2) is 77.9 Å². The van der Waals surface area contributed by atoms with Crippen molar-refractivity contribution >= 4 is 17.5 Å². The Hall–Kier alpha value is -4.11. The van der Waals surface area contributed by atoms with Gasteiger partial charge in [0.25, 0.3) is 11.8 Å². The van der Waals surface area contributed by atoms with Crippen molar-refractivity contribution in [1.82, 2.24) is 9.91 Å². The molecule has 1 aliphatic rings. The molecule has 0 saturated heterocycles. The second-order valence-electron chi connectivity index (χ2n) is 8.49. The molecule has 3 aromatic rings. The van der Waals surface area contributed by atoms with Crippen LogP contribution in [0.5, 0.6) is 5.75 Å². The van der Waals surface area contributed by atoms with Crippen molar-refractivity contribution in [3.63, 3.8) is 0 Å². The summed E-state index contributed by atoms with van der Waals surface area (Å²) in [6, 6.07) is 18.2. The van der Waals surface area contributed by atoms with E-state index in [1.165, 1.54) is 41.3 Å². The van der Waals surface area contributed by atoms with Crippen LogP contribution in [0.4, 0.5) is 8.78 Å². The van der Waals surface area contributed by atoms with Crippen LogP contribution in [0.25, 0.3) is 0 Å². The Balaban J connectivity index is 1.64. The Labute approximate surface area is 213 Å². The first-order valence-corrected chi connectivity index (χ1v) is 11.7. The van der Waals surface area contributed by atoms with Crippen LogP contribution in [0, 0.1) is 11.6 Å². The Morgan fingerprint density at radius 1 is 1.03 bits per heavy atom. The molecule has 0 saturated carbocycles. The highest BCUT2D eigenvalue weighted by Crippen LogP contribution is 2.34. The van der Waals surface area contributed by atoms with E-state index in [1.807, 2.05) is 12.1 Å². The summed E-state index contributed by atoms with van der Waals surface area (Å²) in [6.07, 6.45) is 0.287. The quantitative estimate of drug-likeness (QED) is 0.429. The van der Waals surface area contributed by atoms with Gasteiger partial charge in [-0.05, 0) is 42.0 Å². The van der Waals surface area contributed by atoms with Crippen molar-refractivity contribution < 1.29 is 27.8 Å². The Bertz CT molecular complexity index is 1300. The Morgan fingerprint density at radius 3 is 2.46 bits per heavy atom. The number of hydrogen-bond donors (Lipinski definition) is 0. The molecule has 0 N–H and O–H groups in total. The van der Waals surface area contributed by atoms with Gasteiger partial charge in [0, 0.05) is 31.2 Å². The minimum atomic E-state index is -0.554. The monoisotopic (exact) mass is 507 g/mol. The molecule has 2 amide bonds. The van der Waals surface area contributed by atoms with Crippen LogP contribution >= 0.6 is 0 Å². The lowest BCUT2D eigenvalue weighted by atomic mass is 9.98. The van der Waals surface area contributed by atoms with Crippen molar-refractivity contribution in [2.75, 3.05) is 33.9 Å². The first-order chi connectivity index (χ1) is 17.9. The van der Waals surface area contributed by atoms with Crippen LogP contribution < -0.4 is 4.74 Å². The van der Waals surface area contributed by atoms with Crippen molar-refractivity contribution in [1.29, 1.82) is 0 Å². The molecule has 3 aromatic carbocycles. The van der Waals surface area contributed by atoms with Crippen molar-refractivity contribution in [2.24, 2.45) is 5.10 Å². The highest BCUT2D eigenvalue weighted by Gasteiger charge is 2.35. The lowest BCUT2D eigenvalue weighted by Gasteiger charge is -2.27. The van der Waals surface area contributed by atoms with E-state index in [9.17, 15) is 18.4 Å². The third kappa shape index (κ3) is 6.00. The van der Waals surface area contributed by atoms with Gasteiger partial charge in [-0.2, -0.15) is 5.10 Å². The zero-order chi connectivity index (χ0) is 26.4. The second-order valence-corrected chi connectivity index (χ2v) is 8.49. The smallest absolute Gasteiger partial charge is 0.262 e. The minimum Gasteiger partial charge on any atom is -0.497 e. The molecule has 1 atom stereocenters. The van der Waals surface area contributed by atoms with Gasteiger partial charge in [-0.15, -0.1) is 0 Å². The van der Waals surface area contributed by atoms with Gasteiger partial charge < -0.3 is 14.4 Å². The molecule has 0 aromatic heterocycles. The third-order valence-electron chi connectivity index (χ3n) is 6.10. The van der Waals surface area contributed by atoms with Crippen LogP contribution in [-0.4, -0.2) is 61.4 Å². The summed E-state index contributed by atoms with van der Waals surface area (Å²) >= 11 is 0. The highest BCUT2D eigenvalue weighted by atomic mass is 19.1. The molecule has 37 heavy (non-hydrogen) atoms. The zero-order valence-corrected chi connectivity index (χ0v) is 20.6. The van der Waals surface area contributed by atoms with E-state index < -0.39 is 29.5 Å². The summed E-state index contributed by atoms with van der Waals surface area (Å²) in [7, 11) is 3.04. The van der Waals surface area contributed by atoms with Crippen molar-refractivity contribution in [2.45, 2.75) is 12.5 Å². The second kappa shape index (κ2) is 11.7. The van der Waals surface area contributed by atoms with Crippen molar-refractivity contribution in [3.05, 3.63) is 101 Å². The first kappa shape index (κ1) is 26.0. The maximum Gasteiger partial charge on any atom is 0.262 e. The van der Waals surface area contributed by atoms with E-state index in [1.54, 1.807) is 37.4 Å². The number of methoxy groups -OCH3 is 2. The number of rotatable bonds is 9. The number of amides is 2. The molecule has 0 fully saturated rings.